The summed E-state index contributed by atoms with van der Waals surface area (Å²) in [5.41, 5.74) is 0.707. The lowest BCUT2D eigenvalue weighted by Crippen LogP contribution is -2.25. The first-order valence-electron chi connectivity index (χ1n) is 5.30. The zero-order valence-electron chi connectivity index (χ0n) is 9.95. The number of hydrogen-bond donors (Lipinski definition) is 2. The van der Waals surface area contributed by atoms with Gasteiger partial charge in [0.05, 0.1) is 7.11 Å². The van der Waals surface area contributed by atoms with E-state index in [9.17, 15) is 9.59 Å². The molecule has 0 radical (unpaired) electrons. The van der Waals surface area contributed by atoms with Gasteiger partial charge in [0.1, 0.15) is 5.75 Å². The van der Waals surface area contributed by atoms with Crippen LogP contribution in [0.4, 0.5) is 5.69 Å². The Labute approximate surface area is 100 Å². The molecule has 0 fully saturated rings. The molecule has 1 aromatic carbocycles. The Morgan fingerprint density at radius 1 is 1.24 bits per heavy atom. The van der Waals surface area contributed by atoms with Crippen molar-refractivity contribution in [1.82, 2.24) is 5.32 Å². The van der Waals surface area contributed by atoms with Gasteiger partial charge >= 0.3 is 0 Å². The highest BCUT2D eigenvalue weighted by Crippen LogP contribution is 2.14. The van der Waals surface area contributed by atoms with Gasteiger partial charge in [-0.1, -0.05) is 0 Å². The van der Waals surface area contributed by atoms with Gasteiger partial charge in [-0.05, 0) is 24.3 Å². The number of benzene rings is 1. The predicted molar refractivity (Wildman–Crippen MR) is 64.9 cm³/mol. The van der Waals surface area contributed by atoms with E-state index >= 15 is 0 Å². The first kappa shape index (κ1) is 13.0. The van der Waals surface area contributed by atoms with Crippen molar-refractivity contribution in [3.63, 3.8) is 0 Å². The summed E-state index contributed by atoms with van der Waals surface area (Å²) in [6.45, 7) is 1.76. The molecule has 0 aliphatic heterocycles. The molecule has 2 N–H and O–H groups in total. The molecule has 0 unspecified atom stereocenters. The van der Waals surface area contributed by atoms with Crippen LogP contribution in [-0.2, 0) is 9.59 Å². The molecule has 5 heteroatoms. The number of nitrogens with one attached hydrogen (secondary N) is 2. The number of amides is 2. The molecule has 17 heavy (non-hydrogen) atoms. The first-order valence-corrected chi connectivity index (χ1v) is 5.30. The number of ether oxygens (including phenoxy) is 1. The van der Waals surface area contributed by atoms with Gasteiger partial charge in [0.15, 0.2) is 0 Å². The number of anilines is 1. The van der Waals surface area contributed by atoms with Crippen LogP contribution in [0.3, 0.4) is 0 Å². The van der Waals surface area contributed by atoms with Crippen molar-refractivity contribution in [2.75, 3.05) is 19.0 Å². The van der Waals surface area contributed by atoms with Crippen LogP contribution in [-0.4, -0.2) is 25.5 Å². The van der Waals surface area contributed by atoms with E-state index < -0.39 is 0 Å². The van der Waals surface area contributed by atoms with Gasteiger partial charge in [0.25, 0.3) is 0 Å². The van der Waals surface area contributed by atoms with Crippen LogP contribution in [0.25, 0.3) is 0 Å². The quantitative estimate of drug-likeness (QED) is 0.806. The molecule has 0 saturated heterocycles. The van der Waals surface area contributed by atoms with E-state index in [1.165, 1.54) is 6.92 Å². The summed E-state index contributed by atoms with van der Waals surface area (Å²) >= 11 is 0. The molecule has 0 aliphatic carbocycles. The second-order valence-corrected chi connectivity index (χ2v) is 3.51. The largest absolute Gasteiger partial charge is 0.497 e. The lowest BCUT2D eigenvalue weighted by molar-refractivity contribution is -0.119. The molecule has 2 amide bonds. The standard InChI is InChI=1S/C12H16N2O3/c1-9(15)13-8-7-12(16)14-10-3-5-11(17-2)6-4-10/h3-6H,7-8H2,1-2H3,(H,13,15)(H,14,16). The summed E-state index contributed by atoms with van der Waals surface area (Å²) in [6.07, 6.45) is 0.256. The third-order valence-corrected chi connectivity index (χ3v) is 2.10. The summed E-state index contributed by atoms with van der Waals surface area (Å²) in [4.78, 5) is 22.1. The molecule has 0 atom stereocenters. The van der Waals surface area contributed by atoms with Crippen LogP contribution in [0.15, 0.2) is 24.3 Å². The van der Waals surface area contributed by atoms with Gasteiger partial charge in [-0.2, -0.15) is 0 Å². The average molecular weight is 236 g/mol. The van der Waals surface area contributed by atoms with Crippen molar-refractivity contribution < 1.29 is 14.3 Å². The summed E-state index contributed by atoms with van der Waals surface area (Å²) < 4.78 is 5.01. The minimum atomic E-state index is -0.137. The molecule has 0 aliphatic rings. The van der Waals surface area contributed by atoms with Gasteiger partial charge in [-0.3, -0.25) is 9.59 Å². The van der Waals surface area contributed by atoms with E-state index in [1.54, 1.807) is 31.4 Å². The fraction of sp³-hybridized carbons (Fsp3) is 0.333. The van der Waals surface area contributed by atoms with Gasteiger partial charge in [-0.15, -0.1) is 0 Å². The molecule has 1 rings (SSSR count). The molecule has 0 spiro atoms. The van der Waals surface area contributed by atoms with Crippen LogP contribution in [0.2, 0.25) is 0 Å². The first-order chi connectivity index (χ1) is 8.11. The molecule has 0 aromatic heterocycles. The van der Waals surface area contributed by atoms with Crippen molar-refractivity contribution in [2.45, 2.75) is 13.3 Å². The fourth-order valence-corrected chi connectivity index (χ4v) is 1.25. The van der Waals surface area contributed by atoms with Crippen molar-refractivity contribution in [3.05, 3.63) is 24.3 Å². The zero-order chi connectivity index (χ0) is 12.7. The van der Waals surface area contributed by atoms with Crippen molar-refractivity contribution in [2.24, 2.45) is 0 Å². The monoisotopic (exact) mass is 236 g/mol. The maximum atomic E-state index is 11.5. The third kappa shape index (κ3) is 5.01. The van der Waals surface area contributed by atoms with E-state index in [0.717, 1.165) is 5.75 Å². The van der Waals surface area contributed by atoms with E-state index in [0.29, 0.717) is 12.2 Å². The van der Waals surface area contributed by atoms with Gasteiger partial charge in [0.2, 0.25) is 11.8 Å². The fourth-order valence-electron chi connectivity index (χ4n) is 1.25. The van der Waals surface area contributed by atoms with Gasteiger partial charge in [-0.25, -0.2) is 0 Å². The van der Waals surface area contributed by atoms with Gasteiger partial charge < -0.3 is 15.4 Å². The summed E-state index contributed by atoms with van der Waals surface area (Å²) in [6, 6.07) is 7.05. The average Bonchev–Trinajstić information content (AvgIpc) is 2.29. The molecule has 1 aromatic rings. The Kier molecular flexibility index (Phi) is 5.00. The normalized spacial score (nSPS) is 9.53. The maximum absolute atomic E-state index is 11.5. The molecule has 92 valence electrons. The van der Waals surface area contributed by atoms with E-state index in [-0.39, 0.29) is 18.2 Å². The van der Waals surface area contributed by atoms with Crippen molar-refractivity contribution >= 4 is 17.5 Å². The van der Waals surface area contributed by atoms with Crippen molar-refractivity contribution in [3.8, 4) is 5.75 Å². The summed E-state index contributed by atoms with van der Waals surface area (Å²) in [5, 5.41) is 5.28. The molecular weight excluding hydrogens is 220 g/mol. The molecule has 5 nitrogen and oxygen atoms in total. The van der Waals surface area contributed by atoms with Crippen LogP contribution < -0.4 is 15.4 Å². The SMILES string of the molecule is COc1ccc(NC(=O)CCNC(C)=O)cc1. The lowest BCUT2D eigenvalue weighted by atomic mass is 10.3. The van der Waals surface area contributed by atoms with Gasteiger partial charge in [0, 0.05) is 25.6 Å². The number of methoxy groups -OCH3 is 1. The third-order valence-electron chi connectivity index (χ3n) is 2.10. The summed E-state index contributed by atoms with van der Waals surface area (Å²) in [7, 11) is 1.58. The van der Waals surface area contributed by atoms with Crippen LogP contribution in [0.1, 0.15) is 13.3 Å². The second kappa shape index (κ2) is 6.52. The Hall–Kier alpha value is -2.04. The lowest BCUT2D eigenvalue weighted by Gasteiger charge is -2.06. The van der Waals surface area contributed by atoms with E-state index in [2.05, 4.69) is 10.6 Å². The number of carbonyl (C=O) groups is 2. The highest BCUT2D eigenvalue weighted by molar-refractivity contribution is 5.91. The smallest absolute Gasteiger partial charge is 0.226 e. The Balaban J connectivity index is 2.37. The summed E-state index contributed by atoms with van der Waals surface area (Å²) in [5.74, 6) is 0.465. The second-order valence-electron chi connectivity index (χ2n) is 3.51. The van der Waals surface area contributed by atoms with Crippen LogP contribution in [0.5, 0.6) is 5.75 Å². The van der Waals surface area contributed by atoms with Crippen LogP contribution in [0, 0.1) is 0 Å². The predicted octanol–water partition coefficient (Wildman–Crippen LogP) is 1.16. The highest BCUT2D eigenvalue weighted by Gasteiger charge is 2.02. The van der Waals surface area contributed by atoms with Crippen LogP contribution >= 0.6 is 0 Å². The Bertz CT molecular complexity index is 387. The highest BCUT2D eigenvalue weighted by atomic mass is 16.5. The zero-order valence-corrected chi connectivity index (χ0v) is 9.95. The minimum absolute atomic E-state index is 0.135. The minimum Gasteiger partial charge on any atom is -0.497 e. The maximum Gasteiger partial charge on any atom is 0.226 e. The number of rotatable bonds is 5. The Morgan fingerprint density at radius 3 is 2.41 bits per heavy atom. The molecule has 0 saturated carbocycles. The topological polar surface area (TPSA) is 67.4 Å². The van der Waals surface area contributed by atoms with E-state index in [4.69, 9.17) is 4.74 Å². The van der Waals surface area contributed by atoms with E-state index in [1.807, 2.05) is 0 Å². The molecule has 0 heterocycles. The van der Waals surface area contributed by atoms with Crippen molar-refractivity contribution in [1.29, 1.82) is 0 Å². The molecular formula is C12H16N2O3. The number of carbonyl (C=O) groups excluding carboxylic acids is 2. The number of hydrogen-bond acceptors (Lipinski definition) is 3. The molecule has 0 bridgehead atoms. The Morgan fingerprint density at radius 2 is 1.88 bits per heavy atom.